The van der Waals surface area contributed by atoms with E-state index in [1.807, 2.05) is 24.3 Å². The van der Waals surface area contributed by atoms with E-state index in [1.54, 1.807) is 0 Å². The molecule has 2 rings (SSSR count). The third-order valence-electron chi connectivity index (χ3n) is 2.96. The number of para-hydroxylation sites is 1. The van der Waals surface area contributed by atoms with Crippen molar-refractivity contribution < 1.29 is 4.74 Å². The van der Waals surface area contributed by atoms with Crippen molar-refractivity contribution in [3.05, 3.63) is 28.7 Å². The van der Waals surface area contributed by atoms with Gasteiger partial charge in [-0.15, -0.1) is 0 Å². The average Bonchev–Trinajstić information content (AvgIpc) is 3.12. The average molecular weight is 298 g/mol. The van der Waals surface area contributed by atoms with Crippen molar-refractivity contribution in [1.29, 1.82) is 0 Å². The molecule has 94 valence electrons. The van der Waals surface area contributed by atoms with Crippen LogP contribution < -0.4 is 10.1 Å². The summed E-state index contributed by atoms with van der Waals surface area (Å²) in [6.07, 6.45) is 5.28. The Morgan fingerprint density at radius 1 is 1.41 bits per heavy atom. The highest BCUT2D eigenvalue weighted by molar-refractivity contribution is 9.10. The second kappa shape index (κ2) is 6.41. The van der Waals surface area contributed by atoms with Crippen LogP contribution in [0, 0.1) is 0 Å². The SMILES string of the molecule is CC(CCCNC1CC1)Oc1ccccc1Br. The van der Waals surface area contributed by atoms with Crippen molar-refractivity contribution in [1.82, 2.24) is 5.32 Å². The van der Waals surface area contributed by atoms with Crippen LogP contribution in [0.5, 0.6) is 5.75 Å². The second-order valence-electron chi connectivity index (χ2n) is 4.73. The van der Waals surface area contributed by atoms with Crippen LogP contribution in [0.3, 0.4) is 0 Å². The third kappa shape index (κ3) is 4.68. The van der Waals surface area contributed by atoms with Gasteiger partial charge in [0, 0.05) is 6.04 Å². The Morgan fingerprint density at radius 2 is 2.18 bits per heavy atom. The highest BCUT2D eigenvalue weighted by Gasteiger charge is 2.19. The summed E-state index contributed by atoms with van der Waals surface area (Å²) in [5.41, 5.74) is 0. The smallest absolute Gasteiger partial charge is 0.133 e. The second-order valence-corrected chi connectivity index (χ2v) is 5.58. The first-order valence-electron chi connectivity index (χ1n) is 6.40. The maximum atomic E-state index is 5.89. The van der Waals surface area contributed by atoms with Crippen LogP contribution in [0.4, 0.5) is 0 Å². The van der Waals surface area contributed by atoms with E-state index in [1.165, 1.54) is 19.3 Å². The maximum Gasteiger partial charge on any atom is 0.133 e. The number of nitrogens with one attached hydrogen (secondary N) is 1. The fraction of sp³-hybridized carbons (Fsp3) is 0.571. The lowest BCUT2D eigenvalue weighted by Crippen LogP contribution is -2.20. The minimum absolute atomic E-state index is 0.273. The Hall–Kier alpha value is -0.540. The molecule has 1 aliphatic rings. The van der Waals surface area contributed by atoms with Crippen molar-refractivity contribution >= 4 is 15.9 Å². The van der Waals surface area contributed by atoms with Gasteiger partial charge in [-0.1, -0.05) is 12.1 Å². The van der Waals surface area contributed by atoms with Crippen LogP contribution in [-0.2, 0) is 0 Å². The van der Waals surface area contributed by atoms with E-state index in [4.69, 9.17) is 4.74 Å². The molecular weight excluding hydrogens is 278 g/mol. The maximum absolute atomic E-state index is 5.89. The molecule has 17 heavy (non-hydrogen) atoms. The Morgan fingerprint density at radius 3 is 2.88 bits per heavy atom. The van der Waals surface area contributed by atoms with E-state index in [-0.39, 0.29) is 6.10 Å². The van der Waals surface area contributed by atoms with Gasteiger partial charge in [-0.05, 0) is 67.2 Å². The van der Waals surface area contributed by atoms with Gasteiger partial charge in [0.1, 0.15) is 5.75 Å². The lowest BCUT2D eigenvalue weighted by atomic mass is 10.2. The highest BCUT2D eigenvalue weighted by atomic mass is 79.9. The number of ether oxygens (including phenoxy) is 1. The summed E-state index contributed by atoms with van der Waals surface area (Å²) >= 11 is 3.50. The Bertz CT molecular complexity index is 352. The first kappa shape index (κ1) is 12.9. The number of halogens is 1. The monoisotopic (exact) mass is 297 g/mol. The zero-order valence-corrected chi connectivity index (χ0v) is 11.9. The highest BCUT2D eigenvalue weighted by Crippen LogP contribution is 2.25. The minimum atomic E-state index is 0.273. The lowest BCUT2D eigenvalue weighted by molar-refractivity contribution is 0.206. The van der Waals surface area contributed by atoms with E-state index >= 15 is 0 Å². The number of benzene rings is 1. The third-order valence-corrected chi connectivity index (χ3v) is 3.62. The molecule has 3 heteroatoms. The molecule has 1 saturated carbocycles. The van der Waals surface area contributed by atoms with E-state index in [2.05, 4.69) is 28.2 Å². The van der Waals surface area contributed by atoms with Crippen molar-refractivity contribution in [2.24, 2.45) is 0 Å². The molecule has 0 amide bonds. The van der Waals surface area contributed by atoms with Crippen LogP contribution in [0.1, 0.15) is 32.6 Å². The molecule has 2 nitrogen and oxygen atoms in total. The van der Waals surface area contributed by atoms with Crippen molar-refractivity contribution in [3.8, 4) is 5.75 Å². The predicted octanol–water partition coefficient (Wildman–Crippen LogP) is 3.75. The lowest BCUT2D eigenvalue weighted by Gasteiger charge is -2.15. The molecule has 1 aliphatic carbocycles. The standard InChI is InChI=1S/C14H20BrNO/c1-11(5-4-10-16-12-8-9-12)17-14-7-3-2-6-13(14)15/h2-3,6-7,11-12,16H,4-5,8-10H2,1H3. The van der Waals surface area contributed by atoms with Gasteiger partial charge < -0.3 is 10.1 Å². The molecule has 0 heterocycles. The number of hydrogen-bond acceptors (Lipinski definition) is 2. The zero-order valence-electron chi connectivity index (χ0n) is 10.3. The van der Waals surface area contributed by atoms with E-state index in [9.17, 15) is 0 Å². The molecular formula is C14H20BrNO. The van der Waals surface area contributed by atoms with Gasteiger partial charge in [0.2, 0.25) is 0 Å². The van der Waals surface area contributed by atoms with Crippen LogP contribution in [0.2, 0.25) is 0 Å². The fourth-order valence-electron chi connectivity index (χ4n) is 1.80. The normalized spacial score (nSPS) is 16.8. The molecule has 0 radical (unpaired) electrons. The van der Waals surface area contributed by atoms with Gasteiger partial charge in [-0.25, -0.2) is 0 Å². The van der Waals surface area contributed by atoms with Crippen LogP contribution >= 0.6 is 15.9 Å². The molecule has 1 aromatic carbocycles. The molecule has 0 bridgehead atoms. The Labute approximate surface area is 112 Å². The fourth-order valence-corrected chi connectivity index (χ4v) is 2.18. The zero-order chi connectivity index (χ0) is 12.1. The molecule has 0 spiro atoms. The molecule has 0 saturated heterocycles. The molecule has 1 N–H and O–H groups in total. The van der Waals surface area contributed by atoms with Gasteiger partial charge in [-0.3, -0.25) is 0 Å². The van der Waals surface area contributed by atoms with Crippen LogP contribution in [-0.4, -0.2) is 18.7 Å². The Balaban J connectivity index is 1.65. The summed E-state index contributed by atoms with van der Waals surface area (Å²) < 4.78 is 6.92. The summed E-state index contributed by atoms with van der Waals surface area (Å²) in [6.45, 7) is 3.25. The van der Waals surface area contributed by atoms with Crippen LogP contribution in [0.15, 0.2) is 28.7 Å². The quantitative estimate of drug-likeness (QED) is 0.774. The molecule has 1 atom stereocenters. The summed E-state index contributed by atoms with van der Waals surface area (Å²) in [4.78, 5) is 0. The topological polar surface area (TPSA) is 21.3 Å². The van der Waals surface area contributed by atoms with Crippen molar-refractivity contribution in [2.75, 3.05) is 6.54 Å². The van der Waals surface area contributed by atoms with E-state index in [0.29, 0.717) is 0 Å². The summed E-state index contributed by atoms with van der Waals surface area (Å²) in [5, 5.41) is 3.52. The summed E-state index contributed by atoms with van der Waals surface area (Å²) in [6, 6.07) is 8.83. The first-order chi connectivity index (χ1) is 8.25. The van der Waals surface area contributed by atoms with Gasteiger partial charge in [-0.2, -0.15) is 0 Å². The van der Waals surface area contributed by atoms with Gasteiger partial charge in [0.05, 0.1) is 10.6 Å². The molecule has 0 aromatic heterocycles. The minimum Gasteiger partial charge on any atom is -0.490 e. The predicted molar refractivity (Wildman–Crippen MR) is 74.5 cm³/mol. The molecule has 1 unspecified atom stereocenters. The van der Waals surface area contributed by atoms with E-state index < -0.39 is 0 Å². The van der Waals surface area contributed by atoms with Gasteiger partial charge in [0.25, 0.3) is 0 Å². The largest absolute Gasteiger partial charge is 0.490 e. The summed E-state index contributed by atoms with van der Waals surface area (Å²) in [5.74, 6) is 0.940. The van der Waals surface area contributed by atoms with E-state index in [0.717, 1.165) is 29.2 Å². The number of hydrogen-bond donors (Lipinski definition) is 1. The molecule has 1 fully saturated rings. The molecule has 1 aromatic rings. The van der Waals surface area contributed by atoms with Crippen LogP contribution in [0.25, 0.3) is 0 Å². The summed E-state index contributed by atoms with van der Waals surface area (Å²) in [7, 11) is 0. The van der Waals surface area contributed by atoms with Crippen molar-refractivity contribution in [3.63, 3.8) is 0 Å². The Kier molecular flexibility index (Phi) is 4.86. The molecule has 0 aliphatic heterocycles. The van der Waals surface area contributed by atoms with Crippen molar-refractivity contribution in [2.45, 2.75) is 44.8 Å². The van der Waals surface area contributed by atoms with Gasteiger partial charge in [0.15, 0.2) is 0 Å². The first-order valence-corrected chi connectivity index (χ1v) is 7.19. The van der Waals surface area contributed by atoms with Gasteiger partial charge >= 0.3 is 0 Å². The number of rotatable bonds is 7.